The van der Waals surface area contributed by atoms with Gasteiger partial charge in [0.25, 0.3) is 0 Å². The Balaban J connectivity index is 2.42. The van der Waals surface area contributed by atoms with E-state index in [4.69, 9.17) is 0 Å². The van der Waals surface area contributed by atoms with E-state index in [0.29, 0.717) is 0 Å². The average Bonchev–Trinajstić information content (AvgIpc) is 2.70. The maximum atomic E-state index is 4.13. The number of hydrogen-bond donors (Lipinski definition) is 0. The van der Waals surface area contributed by atoms with Gasteiger partial charge in [-0.15, -0.1) is 0 Å². The van der Waals surface area contributed by atoms with Gasteiger partial charge in [-0.2, -0.15) is 11.3 Å². The SMILES string of the molecule is C=C(c1ccsc1)c1ccccc1C. The second-order valence-corrected chi connectivity index (χ2v) is 4.09. The van der Waals surface area contributed by atoms with Crippen LogP contribution < -0.4 is 0 Å². The summed E-state index contributed by atoms with van der Waals surface area (Å²) in [5.74, 6) is 0. The molecule has 0 nitrogen and oxygen atoms in total. The zero-order valence-corrected chi connectivity index (χ0v) is 8.97. The Kier molecular flexibility index (Phi) is 2.51. The van der Waals surface area contributed by atoms with Crippen molar-refractivity contribution in [1.29, 1.82) is 0 Å². The van der Waals surface area contributed by atoms with Crippen LogP contribution in [0.3, 0.4) is 0 Å². The van der Waals surface area contributed by atoms with E-state index in [2.05, 4.69) is 54.6 Å². The highest BCUT2D eigenvalue weighted by Gasteiger charge is 2.04. The Bertz CT molecular complexity index is 438. The molecule has 0 radical (unpaired) electrons. The predicted molar refractivity (Wildman–Crippen MR) is 63.6 cm³/mol. The fourth-order valence-electron chi connectivity index (χ4n) is 1.50. The largest absolute Gasteiger partial charge is 0.152 e. The molecule has 2 aromatic rings. The van der Waals surface area contributed by atoms with Crippen LogP contribution in [0.1, 0.15) is 16.7 Å². The second-order valence-electron chi connectivity index (χ2n) is 3.31. The molecule has 0 saturated carbocycles. The van der Waals surface area contributed by atoms with Gasteiger partial charge in [-0.3, -0.25) is 0 Å². The Morgan fingerprint density at radius 1 is 1.21 bits per heavy atom. The highest BCUT2D eigenvalue weighted by atomic mass is 32.1. The van der Waals surface area contributed by atoms with E-state index in [0.717, 1.165) is 5.57 Å². The second kappa shape index (κ2) is 3.81. The zero-order valence-electron chi connectivity index (χ0n) is 8.16. The topological polar surface area (TPSA) is 0 Å². The molecule has 0 aliphatic heterocycles. The Labute approximate surface area is 88.5 Å². The molecule has 0 N–H and O–H groups in total. The van der Waals surface area contributed by atoms with Crippen molar-refractivity contribution in [2.45, 2.75) is 6.92 Å². The molecule has 0 atom stereocenters. The number of aryl methyl sites for hydroxylation is 1. The Hall–Kier alpha value is -1.34. The van der Waals surface area contributed by atoms with Gasteiger partial charge in [0.05, 0.1) is 0 Å². The van der Waals surface area contributed by atoms with Crippen LogP contribution in [0.25, 0.3) is 5.57 Å². The fourth-order valence-corrected chi connectivity index (χ4v) is 2.17. The van der Waals surface area contributed by atoms with Crippen molar-refractivity contribution in [2.75, 3.05) is 0 Å². The van der Waals surface area contributed by atoms with Crippen LogP contribution in [-0.2, 0) is 0 Å². The standard InChI is InChI=1S/C13H12S/c1-10-5-3-4-6-13(10)11(2)12-7-8-14-9-12/h3-9H,2H2,1H3. The van der Waals surface area contributed by atoms with Gasteiger partial charge in [0.15, 0.2) is 0 Å². The van der Waals surface area contributed by atoms with Gasteiger partial charge in [-0.25, -0.2) is 0 Å². The highest BCUT2D eigenvalue weighted by Crippen LogP contribution is 2.25. The molecule has 2 rings (SSSR count). The van der Waals surface area contributed by atoms with E-state index in [9.17, 15) is 0 Å². The molecule has 1 heterocycles. The van der Waals surface area contributed by atoms with E-state index in [1.807, 2.05) is 0 Å². The summed E-state index contributed by atoms with van der Waals surface area (Å²) >= 11 is 1.71. The van der Waals surface area contributed by atoms with Gasteiger partial charge in [-0.05, 0) is 46.0 Å². The van der Waals surface area contributed by atoms with Gasteiger partial charge in [-0.1, -0.05) is 30.8 Å². The Morgan fingerprint density at radius 2 is 2.00 bits per heavy atom. The first-order valence-electron chi connectivity index (χ1n) is 4.56. The van der Waals surface area contributed by atoms with Crippen LogP contribution in [0.15, 0.2) is 47.7 Å². The lowest BCUT2D eigenvalue weighted by Gasteiger charge is -2.06. The minimum absolute atomic E-state index is 1.12. The average molecular weight is 200 g/mol. The summed E-state index contributed by atoms with van der Waals surface area (Å²) in [6.45, 7) is 6.25. The van der Waals surface area contributed by atoms with E-state index in [-0.39, 0.29) is 0 Å². The number of thiophene rings is 1. The first-order valence-corrected chi connectivity index (χ1v) is 5.51. The highest BCUT2D eigenvalue weighted by molar-refractivity contribution is 7.08. The third-order valence-corrected chi connectivity index (χ3v) is 3.02. The van der Waals surface area contributed by atoms with Crippen LogP contribution in [0, 0.1) is 6.92 Å². The minimum atomic E-state index is 1.12. The molecule has 0 unspecified atom stereocenters. The first kappa shape index (κ1) is 9.22. The molecule has 0 aliphatic carbocycles. The first-order chi connectivity index (χ1) is 6.79. The molecule has 1 aromatic heterocycles. The molecular formula is C13H12S. The van der Waals surface area contributed by atoms with E-state index >= 15 is 0 Å². The van der Waals surface area contributed by atoms with E-state index in [1.54, 1.807) is 11.3 Å². The van der Waals surface area contributed by atoms with Crippen molar-refractivity contribution >= 4 is 16.9 Å². The smallest absolute Gasteiger partial charge is 0.00147 e. The molecule has 14 heavy (non-hydrogen) atoms. The van der Waals surface area contributed by atoms with Crippen LogP contribution >= 0.6 is 11.3 Å². The molecule has 0 spiro atoms. The molecule has 70 valence electrons. The van der Waals surface area contributed by atoms with Crippen molar-refractivity contribution in [1.82, 2.24) is 0 Å². The van der Waals surface area contributed by atoms with Gasteiger partial charge >= 0.3 is 0 Å². The summed E-state index contributed by atoms with van der Waals surface area (Å²) in [7, 11) is 0. The van der Waals surface area contributed by atoms with E-state index < -0.39 is 0 Å². The maximum Gasteiger partial charge on any atom is -0.00147 e. The molecule has 1 aromatic carbocycles. The normalized spacial score (nSPS) is 10.1. The van der Waals surface area contributed by atoms with Crippen molar-refractivity contribution in [2.24, 2.45) is 0 Å². The molecular weight excluding hydrogens is 188 g/mol. The summed E-state index contributed by atoms with van der Waals surface area (Å²) in [5.41, 5.74) is 4.86. The number of hydrogen-bond acceptors (Lipinski definition) is 1. The van der Waals surface area contributed by atoms with Gasteiger partial charge < -0.3 is 0 Å². The fraction of sp³-hybridized carbons (Fsp3) is 0.0769. The van der Waals surface area contributed by atoms with Crippen LogP contribution in [0.2, 0.25) is 0 Å². The van der Waals surface area contributed by atoms with Crippen molar-refractivity contribution in [3.8, 4) is 0 Å². The summed E-state index contributed by atoms with van der Waals surface area (Å²) in [6, 6.07) is 10.5. The number of rotatable bonds is 2. The Morgan fingerprint density at radius 3 is 2.64 bits per heavy atom. The van der Waals surface area contributed by atoms with Crippen LogP contribution in [-0.4, -0.2) is 0 Å². The van der Waals surface area contributed by atoms with E-state index in [1.165, 1.54) is 16.7 Å². The molecule has 0 amide bonds. The molecule has 0 saturated heterocycles. The zero-order chi connectivity index (χ0) is 9.97. The van der Waals surface area contributed by atoms with Gasteiger partial charge in [0, 0.05) is 0 Å². The maximum absolute atomic E-state index is 4.13. The molecule has 0 aliphatic rings. The lowest BCUT2D eigenvalue weighted by molar-refractivity contribution is 1.42. The number of benzene rings is 1. The summed E-state index contributed by atoms with van der Waals surface area (Å²) in [4.78, 5) is 0. The third-order valence-electron chi connectivity index (χ3n) is 2.34. The monoisotopic (exact) mass is 200 g/mol. The molecule has 1 heteroatoms. The van der Waals surface area contributed by atoms with Gasteiger partial charge in [0.2, 0.25) is 0 Å². The van der Waals surface area contributed by atoms with Crippen LogP contribution in [0.5, 0.6) is 0 Å². The van der Waals surface area contributed by atoms with Crippen molar-refractivity contribution in [3.05, 3.63) is 64.4 Å². The third kappa shape index (κ3) is 1.64. The minimum Gasteiger partial charge on any atom is -0.152 e. The van der Waals surface area contributed by atoms with Gasteiger partial charge in [0.1, 0.15) is 0 Å². The summed E-state index contributed by atoms with van der Waals surface area (Å²) in [6.07, 6.45) is 0. The molecule has 0 bridgehead atoms. The molecule has 0 fully saturated rings. The van der Waals surface area contributed by atoms with Crippen molar-refractivity contribution < 1.29 is 0 Å². The predicted octanol–water partition coefficient (Wildman–Crippen LogP) is 4.12. The van der Waals surface area contributed by atoms with Crippen molar-refractivity contribution in [3.63, 3.8) is 0 Å². The lowest BCUT2D eigenvalue weighted by Crippen LogP contribution is -1.87. The summed E-state index contributed by atoms with van der Waals surface area (Å²) < 4.78 is 0. The summed E-state index contributed by atoms with van der Waals surface area (Å²) in [5, 5.41) is 4.22. The lowest BCUT2D eigenvalue weighted by atomic mass is 9.98. The quantitative estimate of drug-likeness (QED) is 0.684. The van der Waals surface area contributed by atoms with Crippen LogP contribution in [0.4, 0.5) is 0 Å².